The molecule has 1 aromatic carbocycles. The monoisotopic (exact) mass is 279 g/mol. The van der Waals surface area contributed by atoms with Gasteiger partial charge in [-0.2, -0.15) is 4.98 Å². The molecule has 0 amide bonds. The highest BCUT2D eigenvalue weighted by Gasteiger charge is 2.14. The van der Waals surface area contributed by atoms with Crippen LogP contribution in [0.3, 0.4) is 0 Å². The summed E-state index contributed by atoms with van der Waals surface area (Å²) in [6, 6.07) is 7.45. The molecule has 0 radical (unpaired) electrons. The summed E-state index contributed by atoms with van der Waals surface area (Å²) in [4.78, 5) is 4.35. The van der Waals surface area contributed by atoms with Crippen molar-refractivity contribution in [3.8, 4) is 0 Å². The van der Waals surface area contributed by atoms with E-state index in [0.29, 0.717) is 18.1 Å². The molecule has 0 saturated carbocycles. The molecule has 2 aromatic rings. The van der Waals surface area contributed by atoms with Gasteiger partial charge in [0.2, 0.25) is 5.89 Å². The van der Waals surface area contributed by atoms with Crippen molar-refractivity contribution in [2.75, 3.05) is 0 Å². The molecule has 5 heteroatoms. The molecule has 2 rings (SSSR count). The lowest BCUT2D eigenvalue weighted by atomic mass is 10.1. The van der Waals surface area contributed by atoms with Gasteiger partial charge in [-0.15, -0.1) is 0 Å². The Hall–Kier alpha value is -1.39. The van der Waals surface area contributed by atoms with E-state index >= 15 is 0 Å². The summed E-state index contributed by atoms with van der Waals surface area (Å²) >= 11 is 5.84. The number of benzene rings is 1. The van der Waals surface area contributed by atoms with E-state index in [1.807, 2.05) is 24.3 Å². The van der Waals surface area contributed by atoms with Gasteiger partial charge < -0.3 is 10.3 Å². The van der Waals surface area contributed by atoms with E-state index in [-0.39, 0.29) is 6.04 Å². The number of rotatable bonds is 6. The van der Waals surface area contributed by atoms with Crippen molar-refractivity contribution < 1.29 is 4.52 Å². The molecule has 0 spiro atoms. The van der Waals surface area contributed by atoms with Gasteiger partial charge in [0, 0.05) is 11.4 Å². The molecule has 1 unspecified atom stereocenters. The van der Waals surface area contributed by atoms with Crippen LogP contribution in [0.5, 0.6) is 0 Å². The number of aromatic nitrogens is 2. The molecule has 0 aliphatic heterocycles. The van der Waals surface area contributed by atoms with Crippen molar-refractivity contribution in [3.63, 3.8) is 0 Å². The van der Waals surface area contributed by atoms with Crippen LogP contribution in [-0.4, -0.2) is 10.1 Å². The predicted molar refractivity (Wildman–Crippen MR) is 75.0 cm³/mol. The van der Waals surface area contributed by atoms with E-state index < -0.39 is 0 Å². The lowest BCUT2D eigenvalue weighted by Gasteiger charge is -2.03. The minimum atomic E-state index is -0.161. The van der Waals surface area contributed by atoms with Crippen molar-refractivity contribution in [3.05, 3.63) is 46.6 Å². The third kappa shape index (κ3) is 4.04. The Morgan fingerprint density at radius 1 is 1.32 bits per heavy atom. The van der Waals surface area contributed by atoms with Crippen molar-refractivity contribution in [1.82, 2.24) is 10.1 Å². The normalized spacial score (nSPS) is 12.6. The van der Waals surface area contributed by atoms with Crippen molar-refractivity contribution in [2.45, 2.75) is 38.6 Å². The van der Waals surface area contributed by atoms with Crippen molar-refractivity contribution in [1.29, 1.82) is 0 Å². The quantitative estimate of drug-likeness (QED) is 0.879. The van der Waals surface area contributed by atoms with Crippen LogP contribution in [0, 0.1) is 0 Å². The van der Waals surface area contributed by atoms with Gasteiger partial charge in [0.1, 0.15) is 0 Å². The van der Waals surface area contributed by atoms with E-state index in [0.717, 1.165) is 29.8 Å². The van der Waals surface area contributed by atoms with Gasteiger partial charge in [-0.1, -0.05) is 48.7 Å². The molecule has 102 valence electrons. The van der Waals surface area contributed by atoms with Gasteiger partial charge in [-0.25, -0.2) is 0 Å². The Kier molecular flexibility index (Phi) is 4.93. The summed E-state index contributed by atoms with van der Waals surface area (Å²) < 4.78 is 5.21. The van der Waals surface area contributed by atoms with Crippen LogP contribution >= 0.6 is 11.6 Å². The summed E-state index contributed by atoms with van der Waals surface area (Å²) in [6.45, 7) is 2.13. The summed E-state index contributed by atoms with van der Waals surface area (Å²) in [5.74, 6) is 1.18. The third-order valence-electron chi connectivity index (χ3n) is 2.95. The zero-order valence-electron chi connectivity index (χ0n) is 11.0. The lowest BCUT2D eigenvalue weighted by Crippen LogP contribution is -2.10. The topological polar surface area (TPSA) is 64.9 Å². The predicted octanol–water partition coefficient (Wildman–Crippen LogP) is 3.50. The van der Waals surface area contributed by atoms with Crippen LogP contribution in [0.25, 0.3) is 0 Å². The Labute approximate surface area is 118 Å². The Morgan fingerprint density at radius 3 is 2.74 bits per heavy atom. The largest absolute Gasteiger partial charge is 0.338 e. The average Bonchev–Trinajstić information content (AvgIpc) is 2.87. The minimum absolute atomic E-state index is 0.161. The fraction of sp³-hybridized carbons (Fsp3) is 0.429. The van der Waals surface area contributed by atoms with Crippen LogP contribution < -0.4 is 5.73 Å². The first kappa shape index (κ1) is 14.0. The lowest BCUT2D eigenvalue weighted by molar-refractivity contribution is 0.343. The summed E-state index contributed by atoms with van der Waals surface area (Å²) in [7, 11) is 0. The molecule has 0 fully saturated rings. The zero-order chi connectivity index (χ0) is 13.7. The zero-order valence-corrected chi connectivity index (χ0v) is 11.7. The molecule has 4 nitrogen and oxygen atoms in total. The van der Waals surface area contributed by atoms with Gasteiger partial charge >= 0.3 is 0 Å². The number of hydrogen-bond donors (Lipinski definition) is 1. The van der Waals surface area contributed by atoms with Crippen LogP contribution in [0.15, 0.2) is 28.8 Å². The standard InChI is InChI=1S/C14H18ClN3O/c1-2-3-4-12(16)14-17-13(18-19-14)9-10-5-7-11(15)8-6-10/h5-8,12H,2-4,9,16H2,1H3. The summed E-state index contributed by atoms with van der Waals surface area (Å²) in [6.07, 6.45) is 3.68. The maximum Gasteiger partial charge on any atom is 0.243 e. The Bertz CT molecular complexity index is 510. The molecule has 1 heterocycles. The molecule has 0 aliphatic carbocycles. The van der Waals surface area contributed by atoms with Gasteiger partial charge in [0.05, 0.1) is 6.04 Å². The molecule has 0 saturated heterocycles. The highest BCUT2D eigenvalue weighted by Crippen LogP contribution is 2.16. The second-order valence-corrected chi connectivity index (χ2v) is 5.04. The van der Waals surface area contributed by atoms with Crippen LogP contribution in [0.2, 0.25) is 5.02 Å². The fourth-order valence-electron chi connectivity index (χ4n) is 1.82. The number of unbranched alkanes of at least 4 members (excludes halogenated alkanes) is 1. The molecular weight excluding hydrogens is 262 g/mol. The maximum absolute atomic E-state index is 5.99. The summed E-state index contributed by atoms with van der Waals surface area (Å²) in [5.41, 5.74) is 7.09. The van der Waals surface area contributed by atoms with E-state index in [1.165, 1.54) is 0 Å². The molecule has 1 aromatic heterocycles. The second-order valence-electron chi connectivity index (χ2n) is 4.60. The minimum Gasteiger partial charge on any atom is -0.338 e. The van der Waals surface area contributed by atoms with E-state index in [2.05, 4.69) is 17.1 Å². The first-order chi connectivity index (χ1) is 9.19. The Balaban J connectivity index is 1.98. The maximum atomic E-state index is 5.99. The second kappa shape index (κ2) is 6.68. The molecule has 19 heavy (non-hydrogen) atoms. The van der Waals surface area contributed by atoms with E-state index in [1.54, 1.807) is 0 Å². The third-order valence-corrected chi connectivity index (χ3v) is 3.20. The van der Waals surface area contributed by atoms with Crippen LogP contribution in [0.1, 0.15) is 49.5 Å². The van der Waals surface area contributed by atoms with Crippen molar-refractivity contribution in [2.24, 2.45) is 5.73 Å². The first-order valence-corrected chi connectivity index (χ1v) is 6.89. The summed E-state index contributed by atoms with van der Waals surface area (Å²) in [5, 5.41) is 4.69. The smallest absolute Gasteiger partial charge is 0.243 e. The molecule has 1 atom stereocenters. The first-order valence-electron chi connectivity index (χ1n) is 6.51. The fourth-order valence-corrected chi connectivity index (χ4v) is 1.95. The highest BCUT2D eigenvalue weighted by molar-refractivity contribution is 6.30. The average molecular weight is 280 g/mol. The molecular formula is C14H18ClN3O. The van der Waals surface area contributed by atoms with Crippen LogP contribution in [0.4, 0.5) is 0 Å². The molecule has 2 N–H and O–H groups in total. The highest BCUT2D eigenvalue weighted by atomic mass is 35.5. The van der Waals surface area contributed by atoms with E-state index in [9.17, 15) is 0 Å². The number of hydrogen-bond acceptors (Lipinski definition) is 4. The molecule has 0 bridgehead atoms. The van der Waals surface area contributed by atoms with Gasteiger partial charge in [-0.3, -0.25) is 0 Å². The van der Waals surface area contributed by atoms with Crippen LogP contribution in [-0.2, 0) is 6.42 Å². The van der Waals surface area contributed by atoms with Gasteiger partial charge in [0.25, 0.3) is 0 Å². The van der Waals surface area contributed by atoms with Gasteiger partial charge in [0.15, 0.2) is 5.82 Å². The van der Waals surface area contributed by atoms with Crippen molar-refractivity contribution >= 4 is 11.6 Å². The van der Waals surface area contributed by atoms with Gasteiger partial charge in [-0.05, 0) is 24.1 Å². The number of halogens is 1. The Morgan fingerprint density at radius 2 is 2.05 bits per heavy atom. The SMILES string of the molecule is CCCCC(N)c1nc(Cc2ccc(Cl)cc2)no1. The molecule has 0 aliphatic rings. The number of nitrogens with zero attached hydrogens (tertiary/aromatic N) is 2. The number of nitrogens with two attached hydrogens (primary N) is 1. The van der Waals surface area contributed by atoms with E-state index in [4.69, 9.17) is 21.9 Å².